The van der Waals surface area contributed by atoms with E-state index < -0.39 is 5.82 Å². The molecule has 2 N–H and O–H groups in total. The van der Waals surface area contributed by atoms with Gasteiger partial charge in [-0.05, 0) is 61.1 Å². The van der Waals surface area contributed by atoms with Gasteiger partial charge in [-0.25, -0.2) is 8.78 Å². The Kier molecular flexibility index (Phi) is 4.52. The smallest absolute Gasteiger partial charge is 0.175 e. The maximum atomic E-state index is 13.1. The van der Waals surface area contributed by atoms with Crippen molar-refractivity contribution in [1.29, 1.82) is 0 Å². The Bertz CT molecular complexity index is 662. The highest BCUT2D eigenvalue weighted by Gasteiger charge is 2.06. The average molecular weight is 313 g/mol. The largest absolute Gasteiger partial charge is 0.332 e. The Morgan fingerprint density at radius 3 is 2.30 bits per heavy atom. The number of halogens is 3. The first kappa shape index (κ1) is 14.7. The topological polar surface area (TPSA) is 24.1 Å². The molecule has 20 heavy (non-hydrogen) atoms. The molecule has 0 bridgehead atoms. The van der Waals surface area contributed by atoms with Crippen LogP contribution in [0.4, 0.5) is 20.2 Å². The number of rotatable bonds is 2. The van der Waals surface area contributed by atoms with Crippen LogP contribution in [-0.4, -0.2) is 5.11 Å². The lowest BCUT2D eigenvalue weighted by atomic mass is 10.2. The third-order valence-electron chi connectivity index (χ3n) is 2.61. The SMILES string of the molecule is Cc1cc(F)ccc1NC(=S)Nc1cc(F)ccc1Cl. The molecular weight excluding hydrogens is 302 g/mol. The minimum absolute atomic E-state index is 0.243. The van der Waals surface area contributed by atoms with Crippen LogP contribution in [0.1, 0.15) is 5.56 Å². The molecule has 2 aromatic rings. The van der Waals surface area contributed by atoms with Crippen molar-refractivity contribution in [2.24, 2.45) is 0 Å². The molecule has 104 valence electrons. The molecule has 6 heteroatoms. The molecular formula is C14H11ClF2N2S. The molecule has 2 nitrogen and oxygen atoms in total. The van der Waals surface area contributed by atoms with Gasteiger partial charge in [-0.1, -0.05) is 11.6 Å². The second kappa shape index (κ2) is 6.15. The summed E-state index contributed by atoms with van der Waals surface area (Å²) in [7, 11) is 0. The van der Waals surface area contributed by atoms with Gasteiger partial charge in [-0.2, -0.15) is 0 Å². The van der Waals surface area contributed by atoms with Crippen LogP contribution in [0, 0.1) is 18.6 Å². The Morgan fingerprint density at radius 2 is 1.60 bits per heavy atom. The molecule has 0 fully saturated rings. The van der Waals surface area contributed by atoms with Crippen LogP contribution in [0.15, 0.2) is 36.4 Å². The number of thiocarbonyl (C=S) groups is 1. The Labute approximate surface area is 125 Å². The number of aryl methyl sites for hydroxylation is 1. The molecule has 0 spiro atoms. The molecule has 0 amide bonds. The summed E-state index contributed by atoms with van der Waals surface area (Å²) in [5, 5.41) is 6.30. The van der Waals surface area contributed by atoms with Gasteiger partial charge in [0.2, 0.25) is 0 Å². The second-order valence-electron chi connectivity index (χ2n) is 4.16. The fourth-order valence-corrected chi connectivity index (χ4v) is 2.02. The number of hydrogen-bond donors (Lipinski definition) is 2. The number of hydrogen-bond acceptors (Lipinski definition) is 1. The van der Waals surface area contributed by atoms with Crippen LogP contribution in [0.25, 0.3) is 0 Å². The van der Waals surface area contributed by atoms with Gasteiger partial charge < -0.3 is 10.6 Å². The van der Waals surface area contributed by atoms with Crippen molar-refractivity contribution in [1.82, 2.24) is 0 Å². The van der Waals surface area contributed by atoms with E-state index in [2.05, 4.69) is 10.6 Å². The third kappa shape index (κ3) is 3.65. The predicted molar refractivity (Wildman–Crippen MR) is 82.4 cm³/mol. The average Bonchev–Trinajstić information content (AvgIpc) is 2.37. The number of anilines is 2. The van der Waals surface area contributed by atoms with E-state index in [1.807, 2.05) is 0 Å². The minimum Gasteiger partial charge on any atom is -0.332 e. The molecule has 0 aliphatic heterocycles. The van der Waals surface area contributed by atoms with E-state index in [0.29, 0.717) is 22.0 Å². The summed E-state index contributed by atoms with van der Waals surface area (Å²) in [6.45, 7) is 1.75. The summed E-state index contributed by atoms with van der Waals surface area (Å²) in [4.78, 5) is 0. The lowest BCUT2D eigenvalue weighted by Crippen LogP contribution is -2.20. The molecule has 0 aromatic heterocycles. The Balaban J connectivity index is 2.11. The molecule has 0 atom stereocenters. The van der Waals surface area contributed by atoms with Crippen LogP contribution >= 0.6 is 23.8 Å². The fourth-order valence-electron chi connectivity index (χ4n) is 1.64. The summed E-state index contributed by atoms with van der Waals surface area (Å²) >= 11 is 11.0. The van der Waals surface area contributed by atoms with E-state index in [1.54, 1.807) is 13.0 Å². The van der Waals surface area contributed by atoms with Gasteiger partial charge in [-0.3, -0.25) is 0 Å². The van der Waals surface area contributed by atoms with Crippen LogP contribution < -0.4 is 10.6 Å². The maximum Gasteiger partial charge on any atom is 0.175 e. The summed E-state index contributed by atoms with van der Waals surface area (Å²) in [5.74, 6) is -0.738. The lowest BCUT2D eigenvalue weighted by Gasteiger charge is -2.13. The highest BCUT2D eigenvalue weighted by atomic mass is 35.5. The maximum absolute atomic E-state index is 13.1. The molecule has 0 saturated heterocycles. The van der Waals surface area contributed by atoms with Crippen molar-refractivity contribution in [2.75, 3.05) is 10.6 Å². The van der Waals surface area contributed by atoms with E-state index in [4.69, 9.17) is 23.8 Å². The van der Waals surface area contributed by atoms with Crippen molar-refractivity contribution >= 4 is 40.3 Å². The van der Waals surface area contributed by atoms with E-state index in [0.717, 1.165) is 0 Å². The molecule has 0 radical (unpaired) electrons. The predicted octanol–water partition coefficient (Wildman–Crippen LogP) is 4.74. The van der Waals surface area contributed by atoms with Crippen molar-refractivity contribution in [3.8, 4) is 0 Å². The standard InChI is InChI=1S/C14H11ClF2N2S/c1-8-6-9(16)3-5-12(8)18-14(20)19-13-7-10(17)2-4-11(13)15/h2-7H,1H3,(H2,18,19,20). The molecule has 0 saturated carbocycles. The first-order valence-corrected chi connectivity index (χ1v) is 6.53. The van der Waals surface area contributed by atoms with Crippen LogP contribution in [0.3, 0.4) is 0 Å². The van der Waals surface area contributed by atoms with Crippen molar-refractivity contribution in [3.05, 3.63) is 58.6 Å². The molecule has 0 aliphatic carbocycles. The lowest BCUT2D eigenvalue weighted by molar-refractivity contribution is 0.627. The number of benzene rings is 2. The molecule has 2 aromatic carbocycles. The Hall–Kier alpha value is -1.72. The van der Waals surface area contributed by atoms with E-state index in [9.17, 15) is 8.78 Å². The van der Waals surface area contributed by atoms with Crippen molar-refractivity contribution in [2.45, 2.75) is 6.92 Å². The molecule has 2 rings (SSSR count). The summed E-state index contributed by atoms with van der Waals surface area (Å²) in [6.07, 6.45) is 0. The monoisotopic (exact) mass is 312 g/mol. The second-order valence-corrected chi connectivity index (χ2v) is 4.98. The minimum atomic E-state index is -0.419. The van der Waals surface area contributed by atoms with E-state index in [1.165, 1.54) is 30.3 Å². The fraction of sp³-hybridized carbons (Fsp3) is 0.0714. The summed E-state index contributed by atoms with van der Waals surface area (Å²) < 4.78 is 26.1. The van der Waals surface area contributed by atoms with Gasteiger partial charge >= 0.3 is 0 Å². The van der Waals surface area contributed by atoms with Gasteiger partial charge in [0.25, 0.3) is 0 Å². The van der Waals surface area contributed by atoms with Crippen LogP contribution in [0.5, 0.6) is 0 Å². The zero-order valence-corrected chi connectivity index (χ0v) is 12.1. The highest BCUT2D eigenvalue weighted by molar-refractivity contribution is 7.80. The van der Waals surface area contributed by atoms with Crippen LogP contribution in [-0.2, 0) is 0 Å². The summed E-state index contributed by atoms with van der Waals surface area (Å²) in [6, 6.07) is 8.23. The number of nitrogens with one attached hydrogen (secondary N) is 2. The highest BCUT2D eigenvalue weighted by Crippen LogP contribution is 2.23. The normalized spacial score (nSPS) is 10.2. The van der Waals surface area contributed by atoms with Crippen molar-refractivity contribution < 1.29 is 8.78 Å². The Morgan fingerprint density at radius 1 is 1.00 bits per heavy atom. The first-order chi connectivity index (χ1) is 9.45. The molecule has 0 aliphatic rings. The zero-order chi connectivity index (χ0) is 14.7. The van der Waals surface area contributed by atoms with Crippen molar-refractivity contribution in [3.63, 3.8) is 0 Å². The molecule has 0 unspecified atom stereocenters. The van der Waals surface area contributed by atoms with E-state index in [-0.39, 0.29) is 10.9 Å². The van der Waals surface area contributed by atoms with Gasteiger partial charge in [-0.15, -0.1) is 0 Å². The van der Waals surface area contributed by atoms with Gasteiger partial charge in [0.05, 0.1) is 10.7 Å². The quantitative estimate of drug-likeness (QED) is 0.784. The van der Waals surface area contributed by atoms with Gasteiger partial charge in [0, 0.05) is 5.69 Å². The van der Waals surface area contributed by atoms with Gasteiger partial charge in [0.1, 0.15) is 11.6 Å². The molecule has 0 heterocycles. The summed E-state index contributed by atoms with van der Waals surface area (Å²) in [5.41, 5.74) is 1.74. The third-order valence-corrected chi connectivity index (χ3v) is 3.15. The first-order valence-electron chi connectivity index (χ1n) is 5.75. The zero-order valence-electron chi connectivity index (χ0n) is 10.5. The van der Waals surface area contributed by atoms with E-state index >= 15 is 0 Å². The van der Waals surface area contributed by atoms with Gasteiger partial charge in [0.15, 0.2) is 5.11 Å². The van der Waals surface area contributed by atoms with Crippen LogP contribution in [0.2, 0.25) is 5.02 Å².